The van der Waals surface area contributed by atoms with E-state index in [9.17, 15) is 4.79 Å². The molecule has 2 aromatic rings. The molecule has 0 aliphatic carbocycles. The van der Waals surface area contributed by atoms with Gasteiger partial charge in [0.2, 0.25) is 0 Å². The molecule has 0 atom stereocenters. The molecule has 3 rings (SSSR count). The second-order valence-corrected chi connectivity index (χ2v) is 5.99. The Morgan fingerprint density at radius 2 is 2.37 bits per heavy atom. The van der Waals surface area contributed by atoms with Crippen molar-refractivity contribution >= 4 is 23.0 Å². The van der Waals surface area contributed by atoms with Crippen molar-refractivity contribution in [3.05, 3.63) is 45.4 Å². The van der Waals surface area contributed by atoms with Crippen molar-refractivity contribution < 1.29 is 9.90 Å². The molecule has 0 amide bonds. The molecule has 1 aromatic heterocycles. The number of hydrogen-bond donors (Lipinski definition) is 1. The van der Waals surface area contributed by atoms with E-state index in [4.69, 9.17) is 5.11 Å². The van der Waals surface area contributed by atoms with Crippen LogP contribution < -0.4 is 4.90 Å². The van der Waals surface area contributed by atoms with Gasteiger partial charge in [-0.25, -0.2) is 9.78 Å². The molecule has 4 nitrogen and oxygen atoms in total. The van der Waals surface area contributed by atoms with Crippen LogP contribution in [-0.4, -0.2) is 22.6 Å². The lowest BCUT2D eigenvalue weighted by atomic mass is 10.1. The third-order valence-corrected chi connectivity index (χ3v) is 4.23. The fourth-order valence-electron chi connectivity index (χ4n) is 2.43. The lowest BCUT2D eigenvalue weighted by molar-refractivity contribution is 0.0697. The van der Waals surface area contributed by atoms with E-state index in [1.165, 1.54) is 4.88 Å². The maximum atomic E-state index is 11.0. The highest BCUT2D eigenvalue weighted by atomic mass is 32.1. The molecule has 2 heterocycles. The molecule has 0 saturated heterocycles. The van der Waals surface area contributed by atoms with E-state index >= 15 is 0 Å². The molecule has 1 aromatic carbocycles. The predicted molar refractivity (Wildman–Crippen MR) is 75.0 cm³/mol. The zero-order valence-corrected chi connectivity index (χ0v) is 11.4. The van der Waals surface area contributed by atoms with Gasteiger partial charge >= 0.3 is 5.97 Å². The number of aryl methyl sites for hydroxylation is 1. The van der Waals surface area contributed by atoms with Crippen molar-refractivity contribution in [2.75, 3.05) is 11.4 Å². The number of rotatable bonds is 3. The van der Waals surface area contributed by atoms with Gasteiger partial charge in [0.15, 0.2) is 0 Å². The van der Waals surface area contributed by atoms with Crippen LogP contribution in [0.1, 0.15) is 25.8 Å². The van der Waals surface area contributed by atoms with E-state index in [2.05, 4.69) is 9.88 Å². The summed E-state index contributed by atoms with van der Waals surface area (Å²) in [5.41, 5.74) is 2.64. The highest BCUT2D eigenvalue weighted by Gasteiger charge is 2.21. The lowest BCUT2D eigenvalue weighted by Gasteiger charge is -2.18. The first kappa shape index (κ1) is 12.2. The number of carboxylic acids is 1. The fraction of sp³-hybridized carbons (Fsp3) is 0.286. The summed E-state index contributed by atoms with van der Waals surface area (Å²) in [5, 5.41) is 10.1. The smallest absolute Gasteiger partial charge is 0.335 e. The number of anilines is 1. The number of nitrogens with zero attached hydrogens (tertiary/aromatic N) is 2. The van der Waals surface area contributed by atoms with Gasteiger partial charge in [-0.3, -0.25) is 0 Å². The van der Waals surface area contributed by atoms with Crippen LogP contribution in [0.25, 0.3) is 0 Å². The maximum absolute atomic E-state index is 11.0. The number of thiazole rings is 1. The highest BCUT2D eigenvalue weighted by Crippen LogP contribution is 2.31. The average Bonchev–Trinajstić information content (AvgIpc) is 2.96. The molecule has 0 radical (unpaired) electrons. The molecule has 0 spiro atoms. The number of fused-ring (bicyclic) bond motifs is 1. The molecule has 0 bridgehead atoms. The standard InChI is InChI=1S/C14H14N2O2S/c1-9-15-7-12(19-9)8-16-5-4-10-6-11(14(17)18)2-3-13(10)16/h2-3,6-7H,4-5,8H2,1H3,(H,17,18). The number of aromatic carboxylic acids is 1. The van der Waals surface area contributed by atoms with Gasteiger partial charge in [0.05, 0.1) is 17.1 Å². The van der Waals surface area contributed by atoms with Crippen LogP contribution in [0.4, 0.5) is 5.69 Å². The number of aromatic nitrogens is 1. The molecule has 98 valence electrons. The first-order valence-electron chi connectivity index (χ1n) is 6.16. The van der Waals surface area contributed by atoms with Crippen molar-refractivity contribution in [1.29, 1.82) is 0 Å². The van der Waals surface area contributed by atoms with Crippen LogP contribution in [0.5, 0.6) is 0 Å². The highest BCUT2D eigenvalue weighted by molar-refractivity contribution is 7.11. The Morgan fingerprint density at radius 1 is 1.53 bits per heavy atom. The Hall–Kier alpha value is -1.88. The Kier molecular flexibility index (Phi) is 2.98. The van der Waals surface area contributed by atoms with Crippen LogP contribution in [0.15, 0.2) is 24.4 Å². The summed E-state index contributed by atoms with van der Waals surface area (Å²) in [6.45, 7) is 3.80. The maximum Gasteiger partial charge on any atom is 0.335 e. The summed E-state index contributed by atoms with van der Waals surface area (Å²) >= 11 is 1.71. The molecule has 19 heavy (non-hydrogen) atoms. The van der Waals surface area contributed by atoms with Crippen LogP contribution in [0.2, 0.25) is 0 Å². The molecule has 0 fully saturated rings. The Bertz CT molecular complexity index is 636. The van der Waals surface area contributed by atoms with Crippen molar-refractivity contribution in [3.8, 4) is 0 Å². The summed E-state index contributed by atoms with van der Waals surface area (Å²) in [5.74, 6) is -0.862. The van der Waals surface area contributed by atoms with Gasteiger partial charge in [0.1, 0.15) is 0 Å². The van der Waals surface area contributed by atoms with Gasteiger partial charge < -0.3 is 10.0 Å². The van der Waals surface area contributed by atoms with E-state index < -0.39 is 5.97 Å². The lowest BCUT2D eigenvalue weighted by Crippen LogP contribution is -2.18. The average molecular weight is 274 g/mol. The topological polar surface area (TPSA) is 53.4 Å². The summed E-state index contributed by atoms with van der Waals surface area (Å²) in [7, 11) is 0. The van der Waals surface area contributed by atoms with Gasteiger partial charge in [0, 0.05) is 23.3 Å². The van der Waals surface area contributed by atoms with Crippen LogP contribution >= 0.6 is 11.3 Å². The number of benzene rings is 1. The van der Waals surface area contributed by atoms with Crippen LogP contribution in [0.3, 0.4) is 0 Å². The minimum atomic E-state index is -0.862. The van der Waals surface area contributed by atoms with E-state index in [0.29, 0.717) is 5.56 Å². The fourth-order valence-corrected chi connectivity index (χ4v) is 3.24. The predicted octanol–water partition coefficient (Wildman–Crippen LogP) is 2.71. The van der Waals surface area contributed by atoms with E-state index in [1.54, 1.807) is 23.5 Å². The van der Waals surface area contributed by atoms with Crippen molar-refractivity contribution in [1.82, 2.24) is 4.98 Å². The first-order chi connectivity index (χ1) is 9.13. The first-order valence-corrected chi connectivity index (χ1v) is 6.97. The van der Waals surface area contributed by atoms with Gasteiger partial charge in [-0.1, -0.05) is 0 Å². The van der Waals surface area contributed by atoms with Crippen molar-refractivity contribution in [3.63, 3.8) is 0 Å². The largest absolute Gasteiger partial charge is 0.478 e. The van der Waals surface area contributed by atoms with E-state index in [-0.39, 0.29) is 0 Å². The molecular formula is C14H14N2O2S. The number of carbonyl (C=O) groups is 1. The zero-order valence-electron chi connectivity index (χ0n) is 10.6. The number of carboxylic acid groups (broad SMARTS) is 1. The summed E-state index contributed by atoms with van der Waals surface area (Å²) in [6, 6.07) is 5.38. The van der Waals surface area contributed by atoms with Gasteiger partial charge in [-0.05, 0) is 37.1 Å². The van der Waals surface area contributed by atoms with E-state index in [0.717, 1.165) is 35.8 Å². The quantitative estimate of drug-likeness (QED) is 0.935. The third-order valence-electron chi connectivity index (χ3n) is 3.33. The Labute approximate surface area is 115 Å². The third kappa shape index (κ3) is 2.33. The summed E-state index contributed by atoms with van der Waals surface area (Å²) in [6.07, 6.45) is 2.83. The molecule has 5 heteroatoms. The number of hydrogen-bond acceptors (Lipinski definition) is 4. The van der Waals surface area contributed by atoms with Crippen LogP contribution in [0, 0.1) is 6.92 Å². The Balaban J connectivity index is 1.84. The second-order valence-electron chi connectivity index (χ2n) is 4.67. The Morgan fingerprint density at radius 3 is 3.05 bits per heavy atom. The van der Waals surface area contributed by atoms with Gasteiger partial charge in [-0.15, -0.1) is 11.3 Å². The minimum Gasteiger partial charge on any atom is -0.478 e. The summed E-state index contributed by atoms with van der Waals surface area (Å²) < 4.78 is 0. The minimum absolute atomic E-state index is 0.370. The molecule has 1 aliphatic heterocycles. The molecular weight excluding hydrogens is 260 g/mol. The van der Waals surface area contributed by atoms with Crippen LogP contribution in [-0.2, 0) is 13.0 Å². The molecule has 1 N–H and O–H groups in total. The molecule has 0 saturated carbocycles. The monoisotopic (exact) mass is 274 g/mol. The van der Waals surface area contributed by atoms with Gasteiger partial charge in [0.25, 0.3) is 0 Å². The normalized spacial score (nSPS) is 13.6. The second kappa shape index (κ2) is 4.66. The zero-order chi connectivity index (χ0) is 13.4. The van der Waals surface area contributed by atoms with Crippen molar-refractivity contribution in [2.24, 2.45) is 0 Å². The summed E-state index contributed by atoms with van der Waals surface area (Å²) in [4.78, 5) is 18.8. The molecule has 1 aliphatic rings. The molecule has 0 unspecified atom stereocenters. The SMILES string of the molecule is Cc1ncc(CN2CCc3cc(C(=O)O)ccc32)s1. The van der Waals surface area contributed by atoms with E-state index in [1.807, 2.05) is 19.2 Å². The van der Waals surface area contributed by atoms with Crippen molar-refractivity contribution in [2.45, 2.75) is 19.9 Å². The van der Waals surface area contributed by atoms with Gasteiger partial charge in [-0.2, -0.15) is 0 Å².